The fourth-order valence-corrected chi connectivity index (χ4v) is 2.02. The Bertz CT molecular complexity index is 992. The van der Waals surface area contributed by atoms with Crippen molar-refractivity contribution in [3.05, 3.63) is 109 Å². The van der Waals surface area contributed by atoms with Gasteiger partial charge in [-0.15, -0.1) is 0 Å². The second-order valence-electron chi connectivity index (χ2n) is 7.13. The van der Waals surface area contributed by atoms with Crippen LogP contribution in [0.2, 0.25) is 0 Å². The Balaban J connectivity index is -0.000000444. The molecule has 2 aliphatic rings. The smallest absolute Gasteiger partial charge is 0.337 e. The summed E-state index contributed by atoms with van der Waals surface area (Å²) >= 11 is 0. The van der Waals surface area contributed by atoms with E-state index in [1.807, 2.05) is 36.5 Å². The van der Waals surface area contributed by atoms with Crippen molar-refractivity contribution in [1.29, 1.82) is 0 Å². The molecule has 10 nitrogen and oxygen atoms in total. The maximum atomic E-state index is 10.9. The van der Waals surface area contributed by atoms with Crippen molar-refractivity contribution < 1.29 is 48.0 Å². The van der Waals surface area contributed by atoms with Gasteiger partial charge >= 0.3 is 29.8 Å². The molecule has 0 aromatic rings. The minimum Gasteiger partial charge on any atom is -0.478 e. The molecule has 2 rings (SSSR count). The van der Waals surface area contributed by atoms with Gasteiger partial charge in [0.2, 0.25) is 0 Å². The van der Waals surface area contributed by atoms with Crippen molar-refractivity contribution in [2.45, 2.75) is 19.8 Å². The molecule has 0 unspecified atom stereocenters. The lowest BCUT2D eigenvalue weighted by Crippen LogP contribution is -2.04. The van der Waals surface area contributed by atoms with Gasteiger partial charge in [0.15, 0.2) is 0 Å². The number of carboxylic acids is 1. The monoisotopic (exact) mass is 558 g/mol. The van der Waals surface area contributed by atoms with Crippen LogP contribution in [0.1, 0.15) is 19.8 Å². The van der Waals surface area contributed by atoms with Gasteiger partial charge < -0.3 is 24.1 Å². The third kappa shape index (κ3) is 20.1. The first-order valence-corrected chi connectivity index (χ1v) is 11.3. The number of aliphatic carboxylic acids is 1. The van der Waals surface area contributed by atoms with Crippen molar-refractivity contribution in [3.63, 3.8) is 0 Å². The van der Waals surface area contributed by atoms with Crippen LogP contribution in [0.15, 0.2) is 109 Å². The van der Waals surface area contributed by atoms with Crippen LogP contribution in [0.5, 0.6) is 0 Å². The summed E-state index contributed by atoms with van der Waals surface area (Å²) in [4.78, 5) is 51.1. The number of carbonyl (C=O) groups is 5. The van der Waals surface area contributed by atoms with E-state index >= 15 is 0 Å². The molecule has 0 heterocycles. The van der Waals surface area contributed by atoms with E-state index < -0.39 is 17.9 Å². The number of rotatable bonds is 7. The molecule has 0 atom stereocenters. The van der Waals surface area contributed by atoms with E-state index in [9.17, 15) is 24.0 Å². The van der Waals surface area contributed by atoms with Crippen LogP contribution in [0.4, 0.5) is 0 Å². The van der Waals surface area contributed by atoms with Gasteiger partial charge in [0, 0.05) is 17.7 Å². The standard InChI is InChI=1S/2C9H10O2.3C4H6O2/c2*1-7(9(10)11-2)8-5-3-4-6-8;2*1-3-4(5)6-2;1-3(2)4(5)6/h2*3-5H,1,6H2,2H3;2*3H,1H2,2H3;1H2,2H3,(H,5,6). The number of carbonyl (C=O) groups excluding carboxylic acids is 4. The quantitative estimate of drug-likeness (QED) is 0.269. The first kappa shape index (κ1) is 39.5. The lowest BCUT2D eigenvalue weighted by atomic mass is 10.1. The minimum atomic E-state index is -0.935. The summed E-state index contributed by atoms with van der Waals surface area (Å²) in [5.74, 6) is -2.42. The summed E-state index contributed by atoms with van der Waals surface area (Å²) in [6.45, 7) is 18.2. The summed E-state index contributed by atoms with van der Waals surface area (Å²) in [6.07, 6.45) is 15.3. The van der Waals surface area contributed by atoms with Crippen molar-refractivity contribution in [2.24, 2.45) is 0 Å². The van der Waals surface area contributed by atoms with Gasteiger partial charge in [-0.25, -0.2) is 24.0 Å². The van der Waals surface area contributed by atoms with E-state index in [0.717, 1.165) is 36.1 Å². The Morgan fingerprint density at radius 3 is 1.12 bits per heavy atom. The van der Waals surface area contributed by atoms with E-state index in [-0.39, 0.29) is 17.5 Å². The predicted octanol–water partition coefficient (Wildman–Crippen LogP) is 4.54. The maximum absolute atomic E-state index is 10.9. The third-order valence-corrected chi connectivity index (χ3v) is 4.28. The second kappa shape index (κ2) is 24.4. The van der Waals surface area contributed by atoms with Gasteiger partial charge in [-0.05, 0) is 30.9 Å². The van der Waals surface area contributed by atoms with E-state index in [2.05, 4.69) is 51.8 Å². The van der Waals surface area contributed by atoms with Crippen LogP contribution in [0.3, 0.4) is 0 Å². The molecule has 10 heteroatoms. The summed E-state index contributed by atoms with van der Waals surface area (Å²) < 4.78 is 17.3. The number of carboxylic acid groups (broad SMARTS) is 1. The maximum Gasteiger partial charge on any atom is 0.337 e. The SMILES string of the molecule is C=C(C(=O)OC)C1=CC=CC1.C=C(C(=O)OC)C1=CC=CC1.C=C(C)C(=O)O.C=CC(=O)OC.C=CC(=O)OC. The number of hydrogen-bond acceptors (Lipinski definition) is 9. The summed E-state index contributed by atoms with van der Waals surface area (Å²) in [5, 5.41) is 7.89. The fourth-order valence-electron chi connectivity index (χ4n) is 2.02. The Labute approximate surface area is 235 Å². The van der Waals surface area contributed by atoms with Crippen LogP contribution < -0.4 is 0 Å². The molecule has 0 bridgehead atoms. The van der Waals surface area contributed by atoms with Gasteiger partial charge in [0.05, 0.1) is 39.6 Å². The van der Waals surface area contributed by atoms with Crippen LogP contribution in [0.25, 0.3) is 0 Å². The lowest BCUT2D eigenvalue weighted by Gasteiger charge is -2.02. The second-order valence-corrected chi connectivity index (χ2v) is 7.13. The van der Waals surface area contributed by atoms with Crippen molar-refractivity contribution in [3.8, 4) is 0 Å². The molecular formula is C30H38O10. The van der Waals surface area contributed by atoms with Crippen LogP contribution in [0, 0.1) is 0 Å². The van der Waals surface area contributed by atoms with E-state index in [0.29, 0.717) is 11.1 Å². The molecular weight excluding hydrogens is 520 g/mol. The molecule has 218 valence electrons. The van der Waals surface area contributed by atoms with Crippen molar-refractivity contribution in [1.82, 2.24) is 0 Å². The first-order valence-electron chi connectivity index (χ1n) is 11.3. The molecule has 40 heavy (non-hydrogen) atoms. The Morgan fingerprint density at radius 1 is 0.700 bits per heavy atom. The molecule has 1 N–H and O–H groups in total. The van der Waals surface area contributed by atoms with E-state index in [4.69, 9.17) is 5.11 Å². The van der Waals surface area contributed by atoms with Crippen LogP contribution in [-0.4, -0.2) is 63.4 Å². The number of hydrogen-bond donors (Lipinski definition) is 1. The lowest BCUT2D eigenvalue weighted by molar-refractivity contribution is -0.136. The molecule has 0 radical (unpaired) electrons. The van der Waals surface area contributed by atoms with E-state index in [1.165, 1.54) is 35.4 Å². The highest BCUT2D eigenvalue weighted by Crippen LogP contribution is 2.19. The molecule has 0 saturated heterocycles. The van der Waals surface area contributed by atoms with Crippen molar-refractivity contribution >= 4 is 29.8 Å². The molecule has 0 aromatic heterocycles. The van der Waals surface area contributed by atoms with Gasteiger partial charge in [0.1, 0.15) is 0 Å². The first-order chi connectivity index (χ1) is 18.8. The van der Waals surface area contributed by atoms with Gasteiger partial charge in [-0.2, -0.15) is 0 Å². The van der Waals surface area contributed by atoms with Gasteiger partial charge in [-0.1, -0.05) is 69.4 Å². The zero-order valence-electron chi connectivity index (χ0n) is 23.7. The average Bonchev–Trinajstić information content (AvgIpc) is 3.71. The average molecular weight is 559 g/mol. The van der Waals surface area contributed by atoms with Crippen LogP contribution in [-0.2, 0) is 42.9 Å². The van der Waals surface area contributed by atoms with Gasteiger partial charge in [-0.3, -0.25) is 0 Å². The zero-order valence-corrected chi connectivity index (χ0v) is 23.7. The third-order valence-electron chi connectivity index (χ3n) is 4.28. The van der Waals surface area contributed by atoms with Crippen molar-refractivity contribution in [2.75, 3.05) is 28.4 Å². The fraction of sp³-hybridized carbons (Fsp3) is 0.233. The number of allylic oxidation sites excluding steroid dienone is 6. The minimum absolute atomic E-state index is 0.176. The molecule has 0 amide bonds. The molecule has 2 aliphatic carbocycles. The highest BCUT2D eigenvalue weighted by molar-refractivity contribution is 5.93. The molecule has 0 aliphatic heterocycles. The molecule has 0 fully saturated rings. The Kier molecular flexibility index (Phi) is 24.1. The molecule has 0 saturated carbocycles. The molecule has 0 aromatic carbocycles. The number of methoxy groups -OCH3 is 4. The summed E-state index contributed by atoms with van der Waals surface area (Å²) in [6, 6.07) is 0. The number of esters is 4. The van der Waals surface area contributed by atoms with Crippen LogP contribution >= 0.6 is 0 Å². The highest BCUT2D eigenvalue weighted by atomic mass is 16.5. The highest BCUT2D eigenvalue weighted by Gasteiger charge is 2.12. The van der Waals surface area contributed by atoms with Gasteiger partial charge in [0.25, 0.3) is 0 Å². The Morgan fingerprint density at radius 2 is 1.00 bits per heavy atom. The predicted molar refractivity (Wildman–Crippen MR) is 153 cm³/mol. The Hall–Kier alpha value is -4.99. The topological polar surface area (TPSA) is 143 Å². The zero-order chi connectivity index (χ0) is 31.7. The normalized spacial score (nSPS) is 11.1. The number of ether oxygens (including phenoxy) is 4. The van der Waals surface area contributed by atoms with E-state index in [1.54, 1.807) is 0 Å². The molecule has 0 spiro atoms. The largest absolute Gasteiger partial charge is 0.478 e. The summed E-state index contributed by atoms with van der Waals surface area (Å²) in [7, 11) is 5.33. The summed E-state index contributed by atoms with van der Waals surface area (Å²) in [5.41, 5.74) is 2.97.